The molecule has 1 aliphatic heterocycles. The first-order valence-electron chi connectivity index (χ1n) is 9.00. The molecule has 3 heterocycles. The van der Waals surface area contributed by atoms with Gasteiger partial charge in [0, 0.05) is 32.9 Å². The highest BCUT2D eigenvalue weighted by Gasteiger charge is 2.38. The standard InChI is InChI=1S/C17H25N5O3S/c1-21(17-15-3-5-18-16(15)19-11-20-17)14-7-12(8-14)10-26(23,24)22(2)13-4-6-25-9-13/h3,5,11-14H,4,6-10H2,1-2H3,(H,18,19,20). The first-order valence-corrected chi connectivity index (χ1v) is 10.6. The number of nitrogens with one attached hydrogen (secondary N) is 1. The predicted molar refractivity (Wildman–Crippen MR) is 99.6 cm³/mol. The van der Waals surface area contributed by atoms with Crippen molar-refractivity contribution in [3.8, 4) is 0 Å². The van der Waals surface area contributed by atoms with Gasteiger partial charge in [-0.15, -0.1) is 0 Å². The Balaban J connectivity index is 1.37. The fraction of sp³-hybridized carbons (Fsp3) is 0.647. The van der Waals surface area contributed by atoms with Crippen LogP contribution in [0.1, 0.15) is 19.3 Å². The second-order valence-corrected chi connectivity index (χ2v) is 9.42. The number of hydrogen-bond donors (Lipinski definition) is 1. The van der Waals surface area contributed by atoms with Gasteiger partial charge in [0.25, 0.3) is 0 Å². The van der Waals surface area contributed by atoms with Gasteiger partial charge in [-0.25, -0.2) is 18.4 Å². The van der Waals surface area contributed by atoms with Gasteiger partial charge in [-0.05, 0) is 31.2 Å². The first kappa shape index (κ1) is 17.7. The topological polar surface area (TPSA) is 91.4 Å². The maximum Gasteiger partial charge on any atom is 0.214 e. The second-order valence-electron chi connectivity index (χ2n) is 7.35. The molecule has 142 valence electrons. The lowest BCUT2D eigenvalue weighted by atomic mass is 9.81. The van der Waals surface area contributed by atoms with E-state index in [-0.39, 0.29) is 17.7 Å². The summed E-state index contributed by atoms with van der Waals surface area (Å²) in [6, 6.07) is 2.27. The molecule has 1 saturated heterocycles. The quantitative estimate of drug-likeness (QED) is 0.812. The van der Waals surface area contributed by atoms with Crippen molar-refractivity contribution in [2.45, 2.75) is 31.3 Å². The Morgan fingerprint density at radius 3 is 2.81 bits per heavy atom. The molecule has 1 N–H and O–H groups in total. The molecule has 26 heavy (non-hydrogen) atoms. The molecule has 2 aliphatic rings. The van der Waals surface area contributed by atoms with Gasteiger partial charge in [0.05, 0.1) is 23.8 Å². The number of nitrogens with zero attached hydrogens (tertiary/aromatic N) is 4. The fourth-order valence-electron chi connectivity index (χ4n) is 3.92. The molecule has 1 unspecified atom stereocenters. The molecule has 1 aliphatic carbocycles. The van der Waals surface area contributed by atoms with Crippen LogP contribution >= 0.6 is 0 Å². The SMILES string of the molecule is CN(c1ncnc2[nH]ccc12)C1CC(CS(=O)(=O)N(C)C2CCOC2)C1. The third-order valence-electron chi connectivity index (χ3n) is 5.73. The molecular weight excluding hydrogens is 354 g/mol. The van der Waals surface area contributed by atoms with Gasteiger partial charge < -0.3 is 14.6 Å². The van der Waals surface area contributed by atoms with E-state index in [1.54, 1.807) is 13.4 Å². The lowest BCUT2D eigenvalue weighted by Gasteiger charge is -2.42. The zero-order valence-corrected chi connectivity index (χ0v) is 15.9. The number of likely N-dealkylation sites (N-methyl/N-ethyl adjacent to an activating group) is 1. The summed E-state index contributed by atoms with van der Waals surface area (Å²) in [4.78, 5) is 13.9. The van der Waals surface area contributed by atoms with Gasteiger partial charge in [-0.1, -0.05) is 0 Å². The van der Waals surface area contributed by atoms with E-state index >= 15 is 0 Å². The van der Waals surface area contributed by atoms with Crippen LogP contribution in [0.5, 0.6) is 0 Å². The molecule has 0 aromatic carbocycles. The van der Waals surface area contributed by atoms with Gasteiger partial charge in [-0.2, -0.15) is 4.31 Å². The van der Waals surface area contributed by atoms with E-state index in [1.165, 1.54) is 4.31 Å². The number of anilines is 1. The monoisotopic (exact) mass is 379 g/mol. The summed E-state index contributed by atoms with van der Waals surface area (Å²) in [7, 11) is 0.462. The summed E-state index contributed by atoms with van der Waals surface area (Å²) in [5, 5.41) is 0.993. The Morgan fingerprint density at radius 1 is 1.27 bits per heavy atom. The highest BCUT2D eigenvalue weighted by molar-refractivity contribution is 7.89. The zero-order chi connectivity index (χ0) is 18.3. The largest absolute Gasteiger partial charge is 0.380 e. The van der Waals surface area contributed by atoms with E-state index in [4.69, 9.17) is 4.74 Å². The van der Waals surface area contributed by atoms with Crippen molar-refractivity contribution in [3.63, 3.8) is 0 Å². The van der Waals surface area contributed by atoms with E-state index in [0.29, 0.717) is 19.3 Å². The Hall–Kier alpha value is -1.71. The summed E-state index contributed by atoms with van der Waals surface area (Å²) < 4.78 is 32.1. The van der Waals surface area contributed by atoms with Crippen LogP contribution in [-0.2, 0) is 14.8 Å². The predicted octanol–water partition coefficient (Wildman–Crippen LogP) is 1.22. The maximum absolute atomic E-state index is 12.6. The normalized spacial score (nSPS) is 26.3. The average Bonchev–Trinajstić information content (AvgIpc) is 3.27. The molecule has 2 fully saturated rings. The summed E-state index contributed by atoms with van der Waals surface area (Å²) >= 11 is 0. The Kier molecular flexibility index (Phi) is 4.62. The van der Waals surface area contributed by atoms with Gasteiger partial charge in [0.1, 0.15) is 17.8 Å². The molecular formula is C17H25N5O3S. The molecule has 9 heteroatoms. The number of aromatic nitrogens is 3. The summed E-state index contributed by atoms with van der Waals surface area (Å²) in [6.45, 7) is 1.15. The third kappa shape index (κ3) is 3.19. The molecule has 0 radical (unpaired) electrons. The van der Waals surface area contributed by atoms with Crippen LogP contribution in [0.3, 0.4) is 0 Å². The summed E-state index contributed by atoms with van der Waals surface area (Å²) in [5.74, 6) is 1.30. The Morgan fingerprint density at radius 2 is 2.08 bits per heavy atom. The number of rotatable bonds is 6. The van der Waals surface area contributed by atoms with Crippen LogP contribution in [0.15, 0.2) is 18.6 Å². The van der Waals surface area contributed by atoms with Crippen molar-refractivity contribution in [2.24, 2.45) is 5.92 Å². The minimum Gasteiger partial charge on any atom is -0.380 e. The van der Waals surface area contributed by atoms with Gasteiger partial charge in [0.15, 0.2) is 0 Å². The van der Waals surface area contributed by atoms with Crippen LogP contribution in [-0.4, -0.2) is 72.8 Å². The molecule has 0 amide bonds. The van der Waals surface area contributed by atoms with Crippen molar-refractivity contribution < 1.29 is 13.2 Å². The maximum atomic E-state index is 12.6. The molecule has 0 bridgehead atoms. The number of hydrogen-bond acceptors (Lipinski definition) is 6. The fourth-order valence-corrected chi connectivity index (χ4v) is 5.64. The van der Waals surface area contributed by atoms with Gasteiger partial charge in [-0.3, -0.25) is 0 Å². The van der Waals surface area contributed by atoms with Crippen molar-refractivity contribution >= 4 is 26.9 Å². The first-order chi connectivity index (χ1) is 12.5. The smallest absolute Gasteiger partial charge is 0.214 e. The second kappa shape index (κ2) is 6.79. The Labute approximate surface area is 153 Å². The lowest BCUT2D eigenvalue weighted by Crippen LogP contribution is -2.48. The van der Waals surface area contributed by atoms with Crippen molar-refractivity contribution in [2.75, 3.05) is 38.0 Å². The molecule has 1 atom stereocenters. The third-order valence-corrected chi connectivity index (χ3v) is 7.80. The van der Waals surface area contributed by atoms with E-state index in [9.17, 15) is 8.42 Å². The minimum atomic E-state index is -3.24. The number of sulfonamides is 1. The molecule has 1 saturated carbocycles. The molecule has 0 spiro atoms. The number of aromatic amines is 1. The van der Waals surface area contributed by atoms with E-state index in [0.717, 1.165) is 36.1 Å². The van der Waals surface area contributed by atoms with Crippen LogP contribution < -0.4 is 4.90 Å². The Bertz CT molecular complexity index is 871. The van der Waals surface area contributed by atoms with Crippen LogP contribution in [0, 0.1) is 5.92 Å². The minimum absolute atomic E-state index is 0.0126. The summed E-state index contributed by atoms with van der Waals surface area (Å²) in [5.41, 5.74) is 0.820. The van der Waals surface area contributed by atoms with Crippen molar-refractivity contribution in [3.05, 3.63) is 18.6 Å². The average molecular weight is 379 g/mol. The lowest BCUT2D eigenvalue weighted by molar-refractivity contribution is 0.180. The molecule has 4 rings (SSSR count). The van der Waals surface area contributed by atoms with Crippen LogP contribution in [0.2, 0.25) is 0 Å². The number of ether oxygens (including phenoxy) is 1. The highest BCUT2D eigenvalue weighted by Crippen LogP contribution is 2.36. The number of H-pyrrole nitrogens is 1. The van der Waals surface area contributed by atoms with Crippen molar-refractivity contribution in [1.82, 2.24) is 19.3 Å². The van der Waals surface area contributed by atoms with Gasteiger partial charge in [0.2, 0.25) is 10.0 Å². The number of fused-ring (bicyclic) bond motifs is 1. The van der Waals surface area contributed by atoms with Crippen LogP contribution in [0.4, 0.5) is 5.82 Å². The van der Waals surface area contributed by atoms with E-state index in [1.807, 2.05) is 19.3 Å². The highest BCUT2D eigenvalue weighted by atomic mass is 32.2. The van der Waals surface area contributed by atoms with E-state index < -0.39 is 10.0 Å². The van der Waals surface area contributed by atoms with E-state index in [2.05, 4.69) is 19.9 Å². The van der Waals surface area contributed by atoms with Crippen molar-refractivity contribution in [1.29, 1.82) is 0 Å². The van der Waals surface area contributed by atoms with Gasteiger partial charge >= 0.3 is 0 Å². The molecule has 8 nitrogen and oxygen atoms in total. The molecule has 2 aromatic rings. The zero-order valence-electron chi connectivity index (χ0n) is 15.1. The van der Waals surface area contributed by atoms with Crippen LogP contribution in [0.25, 0.3) is 11.0 Å². The summed E-state index contributed by atoms with van der Waals surface area (Å²) in [6.07, 6.45) is 5.92. The molecule has 2 aromatic heterocycles.